The summed E-state index contributed by atoms with van der Waals surface area (Å²) in [6.07, 6.45) is 21.3. The summed E-state index contributed by atoms with van der Waals surface area (Å²) in [5.41, 5.74) is 0.770. The highest BCUT2D eigenvalue weighted by molar-refractivity contribution is 6.34. The molecule has 0 unspecified atom stereocenters. The molecule has 0 aliphatic carbocycles. The van der Waals surface area contributed by atoms with Crippen LogP contribution in [0.5, 0.6) is 5.75 Å². The molecule has 0 aromatic heterocycles. The second kappa shape index (κ2) is 16.2. The average molecular weight is 510 g/mol. The maximum atomic E-state index is 13.5. The van der Waals surface area contributed by atoms with Gasteiger partial charge < -0.3 is 4.74 Å². The summed E-state index contributed by atoms with van der Waals surface area (Å²) in [6.45, 7) is 2.88. The molecule has 1 heterocycles. The Morgan fingerprint density at radius 1 is 0.649 bits per heavy atom. The molecule has 202 valence electrons. The molecule has 3 rings (SSSR count). The van der Waals surface area contributed by atoms with Crippen molar-refractivity contribution in [3.05, 3.63) is 59.4 Å². The van der Waals surface area contributed by atoms with Crippen LogP contribution in [0.2, 0.25) is 0 Å². The van der Waals surface area contributed by atoms with E-state index in [1.807, 2.05) is 6.07 Å². The Labute approximate surface area is 222 Å². The highest BCUT2D eigenvalue weighted by Crippen LogP contribution is 2.31. The second-order valence-corrected chi connectivity index (χ2v) is 10.3. The zero-order chi connectivity index (χ0) is 26.3. The molecule has 0 saturated carbocycles. The van der Waals surface area contributed by atoms with Gasteiger partial charge in [-0.1, -0.05) is 109 Å². The van der Waals surface area contributed by atoms with E-state index in [1.165, 1.54) is 102 Å². The SMILES string of the molecule is CCCCCCCCCCCCCCCCCCOc1cccc(N2C(=O)c3ccc(F)cc3C2=O)c1. The standard InChI is InChI=1S/C32H44FNO3/c1-2-3-4-5-6-7-8-9-10-11-12-13-14-15-16-17-23-37-28-20-18-19-27(25-28)34-31(35)29-22-21-26(33)24-30(29)32(34)36/h18-22,24-25H,2-17,23H2,1H3. The van der Waals surface area contributed by atoms with Crippen LogP contribution in [0.15, 0.2) is 42.5 Å². The predicted octanol–water partition coefficient (Wildman–Crippen LogP) is 9.27. The van der Waals surface area contributed by atoms with E-state index in [1.54, 1.807) is 18.2 Å². The maximum Gasteiger partial charge on any atom is 0.266 e. The minimum absolute atomic E-state index is 0.101. The van der Waals surface area contributed by atoms with Crippen molar-refractivity contribution in [3.63, 3.8) is 0 Å². The number of unbranched alkanes of at least 4 members (excludes halogenated alkanes) is 15. The summed E-state index contributed by atoms with van der Waals surface area (Å²) in [5, 5.41) is 0. The summed E-state index contributed by atoms with van der Waals surface area (Å²) >= 11 is 0. The number of amides is 2. The summed E-state index contributed by atoms with van der Waals surface area (Å²) < 4.78 is 19.4. The van der Waals surface area contributed by atoms with Crippen molar-refractivity contribution < 1.29 is 18.7 Å². The highest BCUT2D eigenvalue weighted by atomic mass is 19.1. The molecule has 0 N–H and O–H groups in total. The number of hydrogen-bond donors (Lipinski definition) is 0. The number of carbonyl (C=O) groups excluding carboxylic acids is 2. The van der Waals surface area contributed by atoms with Crippen molar-refractivity contribution in [1.29, 1.82) is 0 Å². The van der Waals surface area contributed by atoms with E-state index in [4.69, 9.17) is 4.74 Å². The Morgan fingerprint density at radius 3 is 1.78 bits per heavy atom. The zero-order valence-corrected chi connectivity index (χ0v) is 22.6. The zero-order valence-electron chi connectivity index (χ0n) is 22.6. The Balaban J connectivity index is 1.23. The van der Waals surface area contributed by atoms with Crippen LogP contribution < -0.4 is 9.64 Å². The van der Waals surface area contributed by atoms with Crippen LogP contribution in [-0.4, -0.2) is 18.4 Å². The number of anilines is 1. The molecule has 0 spiro atoms. The molecule has 0 radical (unpaired) electrons. The molecule has 2 aromatic carbocycles. The third-order valence-electron chi connectivity index (χ3n) is 7.19. The first-order chi connectivity index (χ1) is 18.1. The lowest BCUT2D eigenvalue weighted by molar-refractivity contribution is 0.0926. The fraction of sp³-hybridized carbons (Fsp3) is 0.562. The van der Waals surface area contributed by atoms with E-state index in [2.05, 4.69) is 6.92 Å². The minimum atomic E-state index is -0.530. The van der Waals surface area contributed by atoms with E-state index >= 15 is 0 Å². The number of hydrogen-bond acceptors (Lipinski definition) is 3. The second-order valence-electron chi connectivity index (χ2n) is 10.3. The summed E-state index contributed by atoms with van der Waals surface area (Å²) in [4.78, 5) is 26.5. The highest BCUT2D eigenvalue weighted by Gasteiger charge is 2.37. The fourth-order valence-corrected chi connectivity index (χ4v) is 5.00. The van der Waals surface area contributed by atoms with Gasteiger partial charge in [-0.3, -0.25) is 9.59 Å². The van der Waals surface area contributed by atoms with E-state index in [0.29, 0.717) is 18.0 Å². The van der Waals surface area contributed by atoms with Crippen molar-refractivity contribution >= 4 is 17.5 Å². The van der Waals surface area contributed by atoms with Gasteiger partial charge in [-0.2, -0.15) is 0 Å². The van der Waals surface area contributed by atoms with E-state index in [9.17, 15) is 14.0 Å². The molecule has 4 nitrogen and oxygen atoms in total. The van der Waals surface area contributed by atoms with Crippen molar-refractivity contribution in [1.82, 2.24) is 0 Å². The molecular formula is C32H44FNO3. The van der Waals surface area contributed by atoms with Crippen LogP contribution >= 0.6 is 0 Å². The van der Waals surface area contributed by atoms with Gasteiger partial charge in [-0.25, -0.2) is 9.29 Å². The Morgan fingerprint density at radius 2 is 1.19 bits per heavy atom. The number of fused-ring (bicyclic) bond motifs is 1. The molecule has 0 saturated heterocycles. The molecule has 2 amide bonds. The molecule has 1 aliphatic heterocycles. The number of ether oxygens (including phenoxy) is 1. The van der Waals surface area contributed by atoms with Crippen LogP contribution in [0.3, 0.4) is 0 Å². The number of halogens is 1. The van der Waals surface area contributed by atoms with Gasteiger partial charge in [0.15, 0.2) is 0 Å². The van der Waals surface area contributed by atoms with Gasteiger partial charge in [0.2, 0.25) is 0 Å². The van der Waals surface area contributed by atoms with Gasteiger partial charge in [0.1, 0.15) is 11.6 Å². The van der Waals surface area contributed by atoms with Crippen LogP contribution in [0, 0.1) is 5.82 Å². The smallest absolute Gasteiger partial charge is 0.266 e. The van der Waals surface area contributed by atoms with Crippen LogP contribution in [0.25, 0.3) is 0 Å². The molecule has 1 aliphatic rings. The fourth-order valence-electron chi connectivity index (χ4n) is 5.00. The van der Waals surface area contributed by atoms with Crippen molar-refractivity contribution in [3.8, 4) is 5.75 Å². The Bertz CT molecular complexity index is 990. The molecule has 37 heavy (non-hydrogen) atoms. The Kier molecular flexibility index (Phi) is 12.7. The normalized spacial score (nSPS) is 12.9. The van der Waals surface area contributed by atoms with Gasteiger partial charge in [-0.15, -0.1) is 0 Å². The van der Waals surface area contributed by atoms with Gasteiger partial charge in [-0.05, 0) is 36.8 Å². The number of carbonyl (C=O) groups is 2. The van der Waals surface area contributed by atoms with Crippen molar-refractivity contribution in [2.45, 2.75) is 110 Å². The summed E-state index contributed by atoms with van der Waals surface area (Å²) in [7, 11) is 0. The molecule has 5 heteroatoms. The lowest BCUT2D eigenvalue weighted by atomic mass is 10.0. The predicted molar refractivity (Wildman–Crippen MR) is 149 cm³/mol. The maximum absolute atomic E-state index is 13.5. The molecular weight excluding hydrogens is 465 g/mol. The molecule has 0 bridgehead atoms. The molecule has 2 aromatic rings. The Hall–Kier alpha value is -2.69. The first-order valence-corrected chi connectivity index (χ1v) is 14.5. The van der Waals surface area contributed by atoms with Gasteiger partial charge >= 0.3 is 0 Å². The summed E-state index contributed by atoms with van der Waals surface area (Å²) in [5.74, 6) is -0.844. The van der Waals surface area contributed by atoms with Crippen molar-refractivity contribution in [2.75, 3.05) is 11.5 Å². The van der Waals surface area contributed by atoms with Crippen molar-refractivity contribution in [2.24, 2.45) is 0 Å². The largest absolute Gasteiger partial charge is 0.494 e. The third-order valence-corrected chi connectivity index (χ3v) is 7.19. The first-order valence-electron chi connectivity index (χ1n) is 14.5. The first kappa shape index (κ1) is 28.9. The lowest BCUT2D eigenvalue weighted by Gasteiger charge is -2.15. The quantitative estimate of drug-likeness (QED) is 0.140. The number of imide groups is 1. The number of nitrogens with zero attached hydrogens (tertiary/aromatic N) is 1. The average Bonchev–Trinajstić information content (AvgIpc) is 3.14. The van der Waals surface area contributed by atoms with E-state index < -0.39 is 17.6 Å². The van der Waals surface area contributed by atoms with Crippen LogP contribution in [0.4, 0.5) is 10.1 Å². The summed E-state index contributed by atoms with van der Waals surface area (Å²) in [6, 6.07) is 10.7. The number of rotatable bonds is 19. The number of benzene rings is 2. The van der Waals surface area contributed by atoms with Gasteiger partial charge in [0.25, 0.3) is 11.8 Å². The third kappa shape index (κ3) is 9.28. The molecule has 0 atom stereocenters. The minimum Gasteiger partial charge on any atom is -0.494 e. The molecule has 0 fully saturated rings. The van der Waals surface area contributed by atoms with Crippen LogP contribution in [0.1, 0.15) is 130 Å². The van der Waals surface area contributed by atoms with E-state index in [-0.39, 0.29) is 11.1 Å². The lowest BCUT2D eigenvalue weighted by Crippen LogP contribution is -2.29. The van der Waals surface area contributed by atoms with E-state index in [0.717, 1.165) is 23.8 Å². The van der Waals surface area contributed by atoms with Gasteiger partial charge in [0, 0.05) is 6.07 Å². The van der Waals surface area contributed by atoms with Crippen LogP contribution in [-0.2, 0) is 0 Å². The van der Waals surface area contributed by atoms with Gasteiger partial charge in [0.05, 0.1) is 23.4 Å². The topological polar surface area (TPSA) is 46.6 Å². The monoisotopic (exact) mass is 509 g/mol.